The summed E-state index contributed by atoms with van der Waals surface area (Å²) in [6.07, 6.45) is 0.841. The summed E-state index contributed by atoms with van der Waals surface area (Å²) >= 11 is 0. The Hall–Kier alpha value is -3.08. The van der Waals surface area contributed by atoms with Crippen molar-refractivity contribution in [1.29, 1.82) is 0 Å². The van der Waals surface area contributed by atoms with Gasteiger partial charge < -0.3 is 9.05 Å². The van der Waals surface area contributed by atoms with Gasteiger partial charge in [-0.15, -0.1) is 0 Å². The highest BCUT2D eigenvalue weighted by Crippen LogP contribution is 2.50. The molecule has 0 aliphatic carbocycles. The summed E-state index contributed by atoms with van der Waals surface area (Å²) in [6.45, 7) is 10.3. The van der Waals surface area contributed by atoms with Crippen LogP contribution in [0, 0.1) is 0 Å². The summed E-state index contributed by atoms with van der Waals surface area (Å²) in [5.41, 5.74) is 3.52. The molecular formula is C27H31O6P. The fraction of sp³-hybridized carbons (Fsp3) is 0.296. The van der Waals surface area contributed by atoms with E-state index in [1.807, 2.05) is 43.3 Å². The number of hydrogen-bond donors (Lipinski definition) is 0. The zero-order chi connectivity index (χ0) is 24.7. The molecule has 6 nitrogen and oxygen atoms in total. The van der Waals surface area contributed by atoms with Crippen LogP contribution >= 0.6 is 7.82 Å². The van der Waals surface area contributed by atoms with E-state index in [2.05, 4.69) is 27.7 Å². The molecule has 34 heavy (non-hydrogen) atoms. The molecule has 0 fully saturated rings. The number of carbonyl (C=O) groups is 1. The molecular weight excluding hydrogens is 451 g/mol. The Morgan fingerprint density at radius 2 is 1.18 bits per heavy atom. The summed E-state index contributed by atoms with van der Waals surface area (Å²) in [5.74, 6) is 0.367. The maximum Gasteiger partial charge on any atom is 0.625 e. The van der Waals surface area contributed by atoms with Crippen LogP contribution in [-0.4, -0.2) is 5.97 Å². The van der Waals surface area contributed by atoms with Crippen molar-refractivity contribution in [3.05, 3.63) is 95.1 Å². The number of rotatable bonds is 10. The van der Waals surface area contributed by atoms with E-state index in [-0.39, 0.29) is 17.1 Å². The molecule has 7 heteroatoms. The van der Waals surface area contributed by atoms with Gasteiger partial charge in [0.1, 0.15) is 11.5 Å². The Bertz CT molecular complexity index is 1060. The second-order valence-electron chi connectivity index (χ2n) is 8.57. The molecule has 0 heterocycles. The van der Waals surface area contributed by atoms with Gasteiger partial charge in [-0.3, -0.25) is 4.89 Å². The first-order chi connectivity index (χ1) is 16.2. The molecule has 0 aliphatic rings. The maximum absolute atomic E-state index is 13.5. The van der Waals surface area contributed by atoms with Gasteiger partial charge in [-0.1, -0.05) is 71.0 Å². The predicted molar refractivity (Wildman–Crippen MR) is 132 cm³/mol. The van der Waals surface area contributed by atoms with E-state index in [1.165, 1.54) is 0 Å². The first-order valence-corrected chi connectivity index (χ1v) is 12.8. The molecule has 0 atom stereocenters. The third kappa shape index (κ3) is 6.96. The van der Waals surface area contributed by atoms with E-state index in [0.29, 0.717) is 11.8 Å². The molecule has 0 radical (unpaired) electrons. The number of phosphoric acid groups is 1. The van der Waals surface area contributed by atoms with Crippen LogP contribution in [0.15, 0.2) is 72.8 Å². The quantitative estimate of drug-likeness (QED) is 0.166. The van der Waals surface area contributed by atoms with Gasteiger partial charge in [0.05, 0.1) is 5.56 Å². The van der Waals surface area contributed by atoms with Gasteiger partial charge in [-0.25, -0.2) is 9.36 Å². The van der Waals surface area contributed by atoms with Crippen LogP contribution in [0.25, 0.3) is 0 Å². The normalized spacial score (nSPS) is 11.5. The van der Waals surface area contributed by atoms with Crippen molar-refractivity contribution >= 4 is 13.8 Å². The average Bonchev–Trinajstić information content (AvgIpc) is 2.83. The van der Waals surface area contributed by atoms with Gasteiger partial charge in [-0.2, -0.15) is 0 Å². The molecule has 3 aromatic rings. The van der Waals surface area contributed by atoms with Crippen molar-refractivity contribution in [3.8, 4) is 11.5 Å². The SMILES string of the molecule is CCc1ccc(C(=O)OOP(=O)(Oc2ccc(C(C)C)cc2)Oc2ccc(C(C)C)cc2)cc1. The molecule has 0 aromatic heterocycles. The molecule has 3 rings (SSSR count). The molecule has 0 saturated carbocycles. The molecule has 0 aliphatic heterocycles. The molecule has 180 valence electrons. The molecule has 0 amide bonds. The van der Waals surface area contributed by atoms with Crippen molar-refractivity contribution in [2.75, 3.05) is 0 Å². The Balaban J connectivity index is 1.79. The summed E-state index contributed by atoms with van der Waals surface area (Å²) < 4.78 is 29.7. The Morgan fingerprint density at radius 3 is 1.56 bits per heavy atom. The second kappa shape index (κ2) is 11.4. The highest BCUT2D eigenvalue weighted by molar-refractivity contribution is 7.49. The number of hydrogen-bond acceptors (Lipinski definition) is 6. The van der Waals surface area contributed by atoms with Gasteiger partial charge in [0.2, 0.25) is 0 Å². The number of phosphoric ester groups is 1. The first-order valence-electron chi connectivity index (χ1n) is 11.4. The van der Waals surface area contributed by atoms with Crippen LogP contribution in [-0.2, 0) is 20.5 Å². The van der Waals surface area contributed by atoms with E-state index in [9.17, 15) is 9.36 Å². The van der Waals surface area contributed by atoms with Crippen LogP contribution in [0.3, 0.4) is 0 Å². The third-order valence-corrected chi connectivity index (χ3v) is 6.46. The highest BCUT2D eigenvalue weighted by atomic mass is 31.2. The third-order valence-electron chi connectivity index (χ3n) is 5.33. The largest absolute Gasteiger partial charge is 0.625 e. The van der Waals surface area contributed by atoms with Gasteiger partial charge >= 0.3 is 13.8 Å². The van der Waals surface area contributed by atoms with Crippen molar-refractivity contribution in [3.63, 3.8) is 0 Å². The molecule has 3 aromatic carbocycles. The lowest BCUT2D eigenvalue weighted by Gasteiger charge is -2.18. The van der Waals surface area contributed by atoms with E-state index >= 15 is 0 Å². The maximum atomic E-state index is 13.5. The lowest BCUT2D eigenvalue weighted by atomic mass is 10.0. The molecule has 0 spiro atoms. The zero-order valence-electron chi connectivity index (χ0n) is 20.2. The number of carbonyl (C=O) groups excluding carboxylic acids is 1. The Kier molecular flexibility index (Phi) is 8.54. The summed E-state index contributed by atoms with van der Waals surface area (Å²) in [7, 11) is -4.37. The highest BCUT2D eigenvalue weighted by Gasteiger charge is 2.35. The monoisotopic (exact) mass is 482 g/mol. The minimum Gasteiger partial charge on any atom is -0.393 e. The topological polar surface area (TPSA) is 71.1 Å². The fourth-order valence-electron chi connectivity index (χ4n) is 3.14. The smallest absolute Gasteiger partial charge is 0.393 e. The lowest BCUT2D eigenvalue weighted by Crippen LogP contribution is -2.10. The van der Waals surface area contributed by atoms with Crippen LogP contribution in [0.1, 0.15) is 73.5 Å². The summed E-state index contributed by atoms with van der Waals surface area (Å²) in [6, 6.07) is 21.0. The number of benzene rings is 3. The van der Waals surface area contributed by atoms with E-state index < -0.39 is 13.8 Å². The van der Waals surface area contributed by atoms with Crippen molar-refractivity contribution in [1.82, 2.24) is 0 Å². The van der Waals surface area contributed by atoms with Gasteiger partial charge in [0.25, 0.3) is 0 Å². The van der Waals surface area contributed by atoms with Crippen molar-refractivity contribution in [2.24, 2.45) is 0 Å². The van der Waals surface area contributed by atoms with Crippen LogP contribution < -0.4 is 9.05 Å². The molecule has 0 saturated heterocycles. The minimum absolute atomic E-state index is 0.256. The summed E-state index contributed by atoms with van der Waals surface area (Å²) in [5, 5.41) is 0. The van der Waals surface area contributed by atoms with Gasteiger partial charge in [0.15, 0.2) is 0 Å². The minimum atomic E-state index is -4.37. The Morgan fingerprint density at radius 1 is 0.735 bits per heavy atom. The lowest BCUT2D eigenvalue weighted by molar-refractivity contribution is -0.163. The van der Waals surface area contributed by atoms with Gasteiger partial charge in [-0.05, 0) is 76.0 Å². The second-order valence-corrected chi connectivity index (χ2v) is 9.98. The average molecular weight is 483 g/mol. The Labute approximate surface area is 201 Å². The van der Waals surface area contributed by atoms with Gasteiger partial charge in [0, 0.05) is 0 Å². The van der Waals surface area contributed by atoms with E-state index in [4.69, 9.17) is 18.6 Å². The first kappa shape index (κ1) is 25.5. The molecule has 0 N–H and O–H groups in total. The predicted octanol–water partition coefficient (Wildman–Crippen LogP) is 7.85. The van der Waals surface area contributed by atoms with Crippen molar-refractivity contribution in [2.45, 2.75) is 52.9 Å². The number of aryl methyl sites for hydroxylation is 1. The van der Waals surface area contributed by atoms with Crippen molar-refractivity contribution < 1.29 is 28.0 Å². The van der Waals surface area contributed by atoms with Crippen LogP contribution in [0.2, 0.25) is 0 Å². The fourth-order valence-corrected chi connectivity index (χ4v) is 4.16. The van der Waals surface area contributed by atoms with Crippen LogP contribution in [0.5, 0.6) is 11.5 Å². The van der Waals surface area contributed by atoms with Crippen LogP contribution in [0.4, 0.5) is 0 Å². The zero-order valence-corrected chi connectivity index (χ0v) is 21.1. The molecule has 0 unspecified atom stereocenters. The summed E-state index contributed by atoms with van der Waals surface area (Å²) in [4.78, 5) is 17.3. The molecule has 0 bridgehead atoms. The van der Waals surface area contributed by atoms with E-state index in [1.54, 1.807) is 36.4 Å². The standard InChI is InChI=1S/C27H31O6P/c1-6-21-7-9-24(10-8-21)27(28)30-33-34(29,31-25-15-11-22(12-16-25)19(2)3)32-26-17-13-23(14-18-26)20(4)5/h7-20H,6H2,1-5H3. The van der Waals surface area contributed by atoms with E-state index in [0.717, 1.165) is 23.1 Å².